The molecule has 0 aliphatic carbocycles. The molecule has 3 nitrogen and oxygen atoms in total. The van der Waals surface area contributed by atoms with E-state index in [4.69, 9.17) is 4.74 Å². The van der Waals surface area contributed by atoms with Crippen LogP contribution in [0.25, 0.3) is 0 Å². The average Bonchev–Trinajstić information content (AvgIpc) is 2.85. The SMILES string of the molecule is CCCCCCCCCCCCCCCCCCOC(=O)C(C)(CCCC)c1ccc(O)c(C)c1. The van der Waals surface area contributed by atoms with Gasteiger partial charge >= 0.3 is 5.97 Å². The second-order valence-electron chi connectivity index (χ2n) is 10.9. The summed E-state index contributed by atoms with van der Waals surface area (Å²) in [6.45, 7) is 8.80. The maximum absolute atomic E-state index is 13.0. The summed E-state index contributed by atoms with van der Waals surface area (Å²) in [6, 6.07) is 5.49. The molecule has 0 aromatic heterocycles. The van der Waals surface area contributed by atoms with Crippen molar-refractivity contribution in [2.75, 3.05) is 6.61 Å². The van der Waals surface area contributed by atoms with Crippen LogP contribution in [-0.4, -0.2) is 17.7 Å². The molecule has 3 heteroatoms. The van der Waals surface area contributed by atoms with Crippen LogP contribution >= 0.6 is 0 Å². The van der Waals surface area contributed by atoms with Crippen LogP contribution in [0.2, 0.25) is 0 Å². The van der Waals surface area contributed by atoms with Crippen LogP contribution in [0.15, 0.2) is 18.2 Å². The van der Waals surface area contributed by atoms with Crippen LogP contribution in [0.1, 0.15) is 154 Å². The lowest BCUT2D eigenvalue weighted by Gasteiger charge is -2.28. The van der Waals surface area contributed by atoms with Crippen molar-refractivity contribution in [3.63, 3.8) is 0 Å². The number of ether oxygens (including phenoxy) is 1. The van der Waals surface area contributed by atoms with E-state index in [1.165, 1.54) is 89.9 Å². The molecule has 1 aromatic rings. The van der Waals surface area contributed by atoms with Crippen LogP contribution in [-0.2, 0) is 14.9 Å². The first-order chi connectivity index (χ1) is 17.0. The van der Waals surface area contributed by atoms with Crippen LogP contribution < -0.4 is 0 Å². The molecule has 1 rings (SSSR count). The van der Waals surface area contributed by atoms with Crippen LogP contribution in [0.4, 0.5) is 0 Å². The van der Waals surface area contributed by atoms with E-state index >= 15 is 0 Å². The molecule has 0 heterocycles. The number of phenolic OH excluding ortho intramolecular Hbond substituents is 1. The number of carbonyl (C=O) groups is 1. The van der Waals surface area contributed by atoms with Gasteiger partial charge in [-0.15, -0.1) is 0 Å². The first-order valence-electron chi connectivity index (χ1n) is 14.9. The summed E-state index contributed by atoms with van der Waals surface area (Å²) >= 11 is 0. The van der Waals surface area contributed by atoms with Crippen molar-refractivity contribution in [3.05, 3.63) is 29.3 Å². The fraction of sp³-hybridized carbons (Fsp3) is 0.781. The van der Waals surface area contributed by atoms with Gasteiger partial charge in [-0.3, -0.25) is 4.79 Å². The van der Waals surface area contributed by atoms with Crippen LogP contribution in [0.5, 0.6) is 5.75 Å². The van der Waals surface area contributed by atoms with E-state index in [0.717, 1.165) is 43.2 Å². The molecule has 1 unspecified atom stereocenters. The summed E-state index contributed by atoms with van der Waals surface area (Å²) < 4.78 is 5.75. The molecule has 35 heavy (non-hydrogen) atoms. The van der Waals surface area contributed by atoms with Crippen molar-refractivity contribution < 1.29 is 14.6 Å². The smallest absolute Gasteiger partial charge is 0.316 e. The standard InChI is InChI=1S/C32H56O3/c1-5-7-9-10-11-12-13-14-15-16-17-18-19-20-21-22-26-35-31(34)32(4,25-8-6-2)29-23-24-30(33)28(3)27-29/h23-24,27,33H,5-22,25-26H2,1-4H3. The number of aryl methyl sites for hydroxylation is 1. The maximum atomic E-state index is 13.0. The lowest BCUT2D eigenvalue weighted by molar-refractivity contribution is -0.150. The topological polar surface area (TPSA) is 46.5 Å². The number of esters is 1. The van der Waals surface area contributed by atoms with Gasteiger partial charge in [-0.05, 0) is 43.9 Å². The Morgan fingerprint density at radius 1 is 0.743 bits per heavy atom. The molecule has 0 bridgehead atoms. The third-order valence-corrected chi connectivity index (χ3v) is 7.55. The summed E-state index contributed by atoms with van der Waals surface area (Å²) in [5.74, 6) is 0.144. The number of benzene rings is 1. The Morgan fingerprint density at radius 3 is 1.66 bits per heavy atom. The molecule has 1 atom stereocenters. The molecule has 0 aliphatic heterocycles. The number of unbranched alkanes of at least 4 members (excludes halogenated alkanes) is 16. The van der Waals surface area contributed by atoms with Gasteiger partial charge in [0, 0.05) is 0 Å². The Balaban J connectivity index is 2.12. The lowest BCUT2D eigenvalue weighted by atomic mass is 9.77. The number of hydrogen-bond acceptors (Lipinski definition) is 3. The van der Waals surface area contributed by atoms with E-state index in [1.807, 2.05) is 26.0 Å². The quantitative estimate of drug-likeness (QED) is 0.130. The van der Waals surface area contributed by atoms with Crippen molar-refractivity contribution in [2.45, 2.75) is 155 Å². The van der Waals surface area contributed by atoms with Gasteiger partial charge in [0.15, 0.2) is 0 Å². The zero-order valence-electron chi connectivity index (χ0n) is 23.6. The molecule has 0 saturated carbocycles. The van der Waals surface area contributed by atoms with Crippen molar-refractivity contribution >= 4 is 5.97 Å². The number of carbonyl (C=O) groups excluding carboxylic acids is 1. The van der Waals surface area contributed by atoms with Crippen LogP contribution in [0, 0.1) is 6.92 Å². The van der Waals surface area contributed by atoms with E-state index in [9.17, 15) is 9.90 Å². The second kappa shape index (κ2) is 19.7. The highest BCUT2D eigenvalue weighted by atomic mass is 16.5. The molecule has 0 saturated heterocycles. The zero-order valence-corrected chi connectivity index (χ0v) is 23.6. The van der Waals surface area contributed by atoms with Crippen LogP contribution in [0.3, 0.4) is 0 Å². The van der Waals surface area contributed by atoms with Gasteiger partial charge in [-0.1, -0.05) is 135 Å². The molecular formula is C32H56O3. The van der Waals surface area contributed by atoms with Gasteiger partial charge in [0.1, 0.15) is 5.75 Å². The highest BCUT2D eigenvalue weighted by Crippen LogP contribution is 2.34. The van der Waals surface area contributed by atoms with Crippen molar-refractivity contribution in [2.24, 2.45) is 0 Å². The second-order valence-corrected chi connectivity index (χ2v) is 10.9. The highest BCUT2D eigenvalue weighted by Gasteiger charge is 2.36. The fourth-order valence-electron chi connectivity index (χ4n) is 4.87. The van der Waals surface area contributed by atoms with E-state index in [1.54, 1.807) is 6.07 Å². The summed E-state index contributed by atoms with van der Waals surface area (Å²) in [5, 5.41) is 9.87. The van der Waals surface area contributed by atoms with Crippen molar-refractivity contribution in [1.29, 1.82) is 0 Å². The molecule has 0 spiro atoms. The maximum Gasteiger partial charge on any atom is 0.316 e. The predicted octanol–water partition coefficient (Wildman–Crippen LogP) is 9.95. The minimum Gasteiger partial charge on any atom is -0.508 e. The Kier molecular flexibility index (Phi) is 17.7. The van der Waals surface area contributed by atoms with Gasteiger partial charge in [-0.25, -0.2) is 0 Å². The molecular weight excluding hydrogens is 432 g/mol. The van der Waals surface area contributed by atoms with Gasteiger partial charge < -0.3 is 9.84 Å². The third-order valence-electron chi connectivity index (χ3n) is 7.55. The Hall–Kier alpha value is -1.51. The summed E-state index contributed by atoms with van der Waals surface area (Å²) in [7, 11) is 0. The van der Waals surface area contributed by atoms with Gasteiger partial charge in [0.05, 0.1) is 12.0 Å². The van der Waals surface area contributed by atoms with Gasteiger partial charge in [0.25, 0.3) is 0 Å². The average molecular weight is 489 g/mol. The van der Waals surface area contributed by atoms with E-state index in [-0.39, 0.29) is 11.7 Å². The van der Waals surface area contributed by atoms with E-state index in [2.05, 4.69) is 13.8 Å². The van der Waals surface area contributed by atoms with Crippen molar-refractivity contribution in [3.8, 4) is 5.75 Å². The summed E-state index contributed by atoms with van der Waals surface area (Å²) in [6.07, 6.45) is 24.2. The Labute approximate surface area is 217 Å². The van der Waals surface area contributed by atoms with Crippen molar-refractivity contribution in [1.82, 2.24) is 0 Å². The molecule has 0 fully saturated rings. The fourth-order valence-corrected chi connectivity index (χ4v) is 4.87. The number of phenols is 1. The minimum atomic E-state index is -0.649. The lowest BCUT2D eigenvalue weighted by Crippen LogP contribution is -2.34. The van der Waals surface area contributed by atoms with Gasteiger partial charge in [-0.2, -0.15) is 0 Å². The molecule has 0 aliphatic rings. The Bertz CT molecular complexity index is 669. The molecule has 202 valence electrons. The Morgan fingerprint density at radius 2 is 1.20 bits per heavy atom. The summed E-state index contributed by atoms with van der Waals surface area (Å²) in [5.41, 5.74) is 1.10. The molecule has 0 amide bonds. The minimum absolute atomic E-state index is 0.128. The highest BCUT2D eigenvalue weighted by molar-refractivity contribution is 5.83. The number of aromatic hydroxyl groups is 1. The van der Waals surface area contributed by atoms with E-state index < -0.39 is 5.41 Å². The summed E-state index contributed by atoms with van der Waals surface area (Å²) in [4.78, 5) is 13.0. The predicted molar refractivity (Wildman–Crippen MR) is 150 cm³/mol. The number of rotatable bonds is 22. The third kappa shape index (κ3) is 13.4. The molecule has 1 aromatic carbocycles. The zero-order chi connectivity index (χ0) is 25.8. The first-order valence-corrected chi connectivity index (χ1v) is 14.9. The molecule has 1 N–H and O–H groups in total. The largest absolute Gasteiger partial charge is 0.508 e. The van der Waals surface area contributed by atoms with Gasteiger partial charge in [0.2, 0.25) is 0 Å². The number of hydrogen-bond donors (Lipinski definition) is 1. The monoisotopic (exact) mass is 488 g/mol. The van der Waals surface area contributed by atoms with E-state index in [0.29, 0.717) is 6.61 Å². The molecule has 0 radical (unpaired) electrons. The normalized spacial score (nSPS) is 13.0. The first kappa shape index (κ1) is 31.5.